The number of aromatic nitrogens is 2. The first kappa shape index (κ1) is 12.0. The second-order valence-corrected chi connectivity index (χ2v) is 3.72. The smallest absolute Gasteiger partial charge is 0.272 e. The SMILES string of the molecule is Cc1nc(COc2ccc([N+](=O)[O-])c(C)c2)no1. The van der Waals surface area contributed by atoms with Gasteiger partial charge < -0.3 is 9.26 Å². The summed E-state index contributed by atoms with van der Waals surface area (Å²) in [6, 6.07) is 4.55. The van der Waals surface area contributed by atoms with Gasteiger partial charge in [0, 0.05) is 18.6 Å². The highest BCUT2D eigenvalue weighted by atomic mass is 16.6. The van der Waals surface area contributed by atoms with Crippen molar-refractivity contribution in [3.8, 4) is 5.75 Å². The topological polar surface area (TPSA) is 91.3 Å². The van der Waals surface area contributed by atoms with Crippen LogP contribution in [0.4, 0.5) is 5.69 Å². The van der Waals surface area contributed by atoms with Gasteiger partial charge in [-0.2, -0.15) is 4.98 Å². The summed E-state index contributed by atoms with van der Waals surface area (Å²) in [6.45, 7) is 3.50. The second-order valence-electron chi connectivity index (χ2n) is 3.72. The van der Waals surface area contributed by atoms with Crippen LogP contribution in [0.3, 0.4) is 0 Å². The van der Waals surface area contributed by atoms with Crippen LogP contribution in [-0.4, -0.2) is 15.1 Å². The van der Waals surface area contributed by atoms with E-state index in [1.165, 1.54) is 12.1 Å². The number of nitro groups is 1. The van der Waals surface area contributed by atoms with Crippen molar-refractivity contribution in [1.29, 1.82) is 0 Å². The molecule has 7 heteroatoms. The summed E-state index contributed by atoms with van der Waals surface area (Å²) in [5.41, 5.74) is 0.611. The van der Waals surface area contributed by atoms with Crippen LogP contribution in [0.1, 0.15) is 17.3 Å². The van der Waals surface area contributed by atoms with E-state index in [2.05, 4.69) is 10.1 Å². The third-order valence-electron chi connectivity index (χ3n) is 2.30. The highest BCUT2D eigenvalue weighted by Crippen LogP contribution is 2.23. The summed E-state index contributed by atoms with van der Waals surface area (Å²) in [4.78, 5) is 14.2. The molecule has 0 N–H and O–H groups in total. The van der Waals surface area contributed by atoms with Crippen LogP contribution in [-0.2, 0) is 6.61 Å². The lowest BCUT2D eigenvalue weighted by Gasteiger charge is -2.04. The Bertz CT molecular complexity index is 579. The molecule has 7 nitrogen and oxygen atoms in total. The van der Waals surface area contributed by atoms with Crippen LogP contribution in [0.5, 0.6) is 5.75 Å². The summed E-state index contributed by atoms with van der Waals surface area (Å²) in [6.07, 6.45) is 0. The molecular formula is C11H11N3O4. The Morgan fingerprint density at radius 3 is 2.78 bits per heavy atom. The van der Waals surface area contributed by atoms with E-state index in [-0.39, 0.29) is 12.3 Å². The van der Waals surface area contributed by atoms with Gasteiger partial charge in [0.25, 0.3) is 5.69 Å². The van der Waals surface area contributed by atoms with E-state index in [0.29, 0.717) is 23.0 Å². The van der Waals surface area contributed by atoms with Gasteiger partial charge in [0.2, 0.25) is 11.7 Å². The molecule has 18 heavy (non-hydrogen) atoms. The summed E-state index contributed by atoms with van der Waals surface area (Å²) in [7, 11) is 0. The van der Waals surface area contributed by atoms with Gasteiger partial charge in [-0.1, -0.05) is 5.16 Å². The molecular weight excluding hydrogens is 238 g/mol. The van der Waals surface area contributed by atoms with E-state index in [1.54, 1.807) is 19.9 Å². The van der Waals surface area contributed by atoms with Crippen LogP contribution in [0.15, 0.2) is 22.7 Å². The largest absolute Gasteiger partial charge is 0.485 e. The normalized spacial score (nSPS) is 10.3. The first-order chi connectivity index (χ1) is 8.56. The molecule has 0 atom stereocenters. The van der Waals surface area contributed by atoms with Crippen LogP contribution in [0.25, 0.3) is 0 Å². The maximum absolute atomic E-state index is 10.6. The minimum absolute atomic E-state index is 0.0674. The summed E-state index contributed by atoms with van der Waals surface area (Å²) >= 11 is 0. The molecule has 0 aliphatic carbocycles. The number of hydrogen-bond donors (Lipinski definition) is 0. The molecule has 0 radical (unpaired) electrons. The van der Waals surface area contributed by atoms with Crippen molar-refractivity contribution in [1.82, 2.24) is 10.1 Å². The van der Waals surface area contributed by atoms with Gasteiger partial charge >= 0.3 is 0 Å². The fraction of sp³-hybridized carbons (Fsp3) is 0.273. The fourth-order valence-corrected chi connectivity index (χ4v) is 1.47. The van der Waals surface area contributed by atoms with Crippen molar-refractivity contribution in [3.05, 3.63) is 45.6 Å². The molecule has 0 saturated heterocycles. The van der Waals surface area contributed by atoms with Crippen LogP contribution in [0.2, 0.25) is 0 Å². The molecule has 0 spiro atoms. The highest BCUT2D eigenvalue weighted by molar-refractivity contribution is 5.44. The number of nitrogens with zero attached hydrogens (tertiary/aromatic N) is 3. The minimum Gasteiger partial charge on any atom is -0.485 e. The number of aryl methyl sites for hydroxylation is 2. The van der Waals surface area contributed by atoms with Gasteiger partial charge in [-0.25, -0.2) is 0 Å². The third kappa shape index (κ3) is 2.62. The van der Waals surface area contributed by atoms with E-state index in [0.717, 1.165) is 0 Å². The van der Waals surface area contributed by atoms with E-state index in [1.807, 2.05) is 0 Å². The molecule has 0 aliphatic heterocycles. The standard InChI is InChI=1S/C11H11N3O4/c1-7-5-9(3-4-10(7)14(15)16)17-6-11-12-8(2)18-13-11/h3-5H,6H2,1-2H3. The predicted molar refractivity (Wildman–Crippen MR) is 61.2 cm³/mol. The quantitative estimate of drug-likeness (QED) is 0.609. The van der Waals surface area contributed by atoms with Crippen molar-refractivity contribution in [2.45, 2.75) is 20.5 Å². The number of benzene rings is 1. The molecule has 0 saturated carbocycles. The van der Waals surface area contributed by atoms with Crippen LogP contribution < -0.4 is 4.74 Å². The Morgan fingerprint density at radius 1 is 1.44 bits per heavy atom. The zero-order valence-corrected chi connectivity index (χ0v) is 9.91. The van der Waals surface area contributed by atoms with Gasteiger partial charge in [-0.05, 0) is 19.1 Å². The minimum atomic E-state index is -0.429. The number of hydrogen-bond acceptors (Lipinski definition) is 6. The Morgan fingerprint density at radius 2 is 2.22 bits per heavy atom. The van der Waals surface area contributed by atoms with E-state index < -0.39 is 4.92 Å². The zero-order valence-electron chi connectivity index (χ0n) is 9.91. The molecule has 1 aromatic carbocycles. The van der Waals surface area contributed by atoms with Gasteiger partial charge in [-0.3, -0.25) is 10.1 Å². The van der Waals surface area contributed by atoms with Crippen molar-refractivity contribution < 1.29 is 14.2 Å². The second kappa shape index (κ2) is 4.82. The molecule has 2 rings (SSSR count). The maximum Gasteiger partial charge on any atom is 0.272 e. The first-order valence-corrected chi connectivity index (χ1v) is 5.23. The molecule has 94 valence electrons. The van der Waals surface area contributed by atoms with Crippen LogP contribution in [0, 0.1) is 24.0 Å². The number of ether oxygens (including phenoxy) is 1. The van der Waals surface area contributed by atoms with Crippen molar-refractivity contribution in [2.24, 2.45) is 0 Å². The van der Waals surface area contributed by atoms with Gasteiger partial charge in [0.15, 0.2) is 6.61 Å². The Balaban J connectivity index is 2.06. The highest BCUT2D eigenvalue weighted by Gasteiger charge is 2.11. The number of rotatable bonds is 4. The molecule has 1 heterocycles. The molecule has 0 fully saturated rings. The summed E-state index contributed by atoms with van der Waals surface area (Å²) in [5, 5.41) is 14.3. The lowest BCUT2D eigenvalue weighted by Crippen LogP contribution is -1.99. The molecule has 1 aromatic heterocycles. The summed E-state index contributed by atoms with van der Waals surface area (Å²) < 4.78 is 10.2. The molecule has 0 bridgehead atoms. The van der Waals surface area contributed by atoms with E-state index in [4.69, 9.17) is 9.26 Å². The molecule has 0 amide bonds. The lowest BCUT2D eigenvalue weighted by atomic mass is 10.2. The first-order valence-electron chi connectivity index (χ1n) is 5.23. The monoisotopic (exact) mass is 249 g/mol. The predicted octanol–water partition coefficient (Wildman–Crippen LogP) is 2.17. The van der Waals surface area contributed by atoms with E-state index in [9.17, 15) is 10.1 Å². The Kier molecular flexibility index (Phi) is 3.22. The average Bonchev–Trinajstić information content (AvgIpc) is 2.72. The van der Waals surface area contributed by atoms with E-state index >= 15 is 0 Å². The Hall–Kier alpha value is -2.44. The fourth-order valence-electron chi connectivity index (χ4n) is 1.47. The van der Waals surface area contributed by atoms with Crippen molar-refractivity contribution >= 4 is 5.69 Å². The maximum atomic E-state index is 10.6. The Labute approximate surface area is 103 Å². The summed E-state index contributed by atoms with van der Waals surface area (Å²) in [5.74, 6) is 1.43. The average molecular weight is 249 g/mol. The van der Waals surface area contributed by atoms with Crippen LogP contribution >= 0.6 is 0 Å². The zero-order chi connectivity index (χ0) is 13.1. The molecule has 0 aliphatic rings. The molecule has 2 aromatic rings. The third-order valence-corrected chi connectivity index (χ3v) is 2.30. The van der Waals surface area contributed by atoms with Crippen molar-refractivity contribution in [3.63, 3.8) is 0 Å². The molecule has 0 unspecified atom stereocenters. The number of nitro benzene ring substituents is 1. The van der Waals surface area contributed by atoms with Gasteiger partial charge in [-0.15, -0.1) is 0 Å². The van der Waals surface area contributed by atoms with Crippen molar-refractivity contribution in [2.75, 3.05) is 0 Å². The van der Waals surface area contributed by atoms with Gasteiger partial charge in [0.05, 0.1) is 4.92 Å². The van der Waals surface area contributed by atoms with Gasteiger partial charge in [0.1, 0.15) is 5.75 Å². The lowest BCUT2D eigenvalue weighted by molar-refractivity contribution is -0.385.